The number of hydrogen-bond donors (Lipinski definition) is 0. The molecule has 0 spiro atoms. The Hall–Kier alpha value is -3.44. The summed E-state index contributed by atoms with van der Waals surface area (Å²) in [5.74, 6) is 6.39. The molecule has 1 amide bonds. The number of rotatable bonds is 2. The first-order chi connectivity index (χ1) is 17.6. The lowest BCUT2D eigenvalue weighted by Crippen LogP contribution is -2.30. The molecule has 1 saturated heterocycles. The quantitative estimate of drug-likeness (QED) is 0.536. The zero-order chi connectivity index (χ0) is 26.1. The summed E-state index contributed by atoms with van der Waals surface area (Å²) in [7, 11) is 2.07. The Kier molecular flexibility index (Phi) is 4.13. The lowest BCUT2D eigenvalue weighted by Gasteiger charge is -2.24. The molecule has 1 fully saturated rings. The van der Waals surface area contributed by atoms with E-state index in [4.69, 9.17) is 13.8 Å². The predicted octanol–water partition coefficient (Wildman–Crippen LogP) is 4.06. The normalized spacial score (nSPS) is 25.3. The Morgan fingerprint density at radius 3 is 2.91 bits per heavy atom. The number of alkyl halides is 2. The second-order valence-corrected chi connectivity index (χ2v) is 9.10. The minimum absolute atomic E-state index is 0.0376. The predicted molar refractivity (Wildman–Crippen MR) is 123 cm³/mol. The Balaban J connectivity index is 1.53. The van der Waals surface area contributed by atoms with Gasteiger partial charge in [-0.3, -0.25) is 4.79 Å². The van der Waals surface area contributed by atoms with Crippen LogP contribution < -0.4 is 4.74 Å². The SMILES string of the molecule is [2H]C([2H])([2H])N1C(=O)c2cccc(OC(F)F)c2[C@H]2C[C@@H]1c1nc3ccc(C#CC4CCN(C)C4)cc3n12. The van der Waals surface area contributed by atoms with Crippen molar-refractivity contribution in [1.82, 2.24) is 19.4 Å². The van der Waals surface area contributed by atoms with E-state index < -0.39 is 31.6 Å². The highest BCUT2D eigenvalue weighted by atomic mass is 19.3. The molecule has 6 rings (SSSR count). The number of amides is 1. The van der Waals surface area contributed by atoms with Crippen LogP contribution in [0.5, 0.6) is 5.75 Å². The fraction of sp³-hybridized carbons (Fsp3) is 0.385. The number of imidazole rings is 1. The molecule has 3 aliphatic rings. The monoisotopic (exact) mass is 465 g/mol. The molecule has 0 N–H and O–H groups in total. The third kappa shape index (κ3) is 3.26. The molecule has 6 nitrogen and oxygen atoms in total. The van der Waals surface area contributed by atoms with Crippen LogP contribution in [0.3, 0.4) is 0 Å². The van der Waals surface area contributed by atoms with Crippen LogP contribution in [0.1, 0.15) is 56.3 Å². The summed E-state index contributed by atoms with van der Waals surface area (Å²) in [5.41, 5.74) is 2.38. The summed E-state index contributed by atoms with van der Waals surface area (Å²) in [6.45, 7) is -3.93. The van der Waals surface area contributed by atoms with Crippen LogP contribution >= 0.6 is 0 Å². The molecule has 2 bridgehead atoms. The summed E-state index contributed by atoms with van der Waals surface area (Å²) in [5, 5.41) is 0. The molecule has 0 saturated carbocycles. The Morgan fingerprint density at radius 2 is 2.15 bits per heavy atom. The molecule has 0 radical (unpaired) electrons. The zero-order valence-corrected chi connectivity index (χ0v) is 18.5. The van der Waals surface area contributed by atoms with Crippen LogP contribution in [0.2, 0.25) is 0 Å². The Labute approximate surface area is 200 Å². The fourth-order valence-electron chi connectivity index (χ4n) is 5.42. The van der Waals surface area contributed by atoms with Gasteiger partial charge in [0.25, 0.3) is 5.91 Å². The number of halogens is 2. The largest absolute Gasteiger partial charge is 0.434 e. The number of aromatic nitrogens is 2. The molecule has 3 aliphatic heterocycles. The van der Waals surface area contributed by atoms with E-state index in [0.29, 0.717) is 22.8 Å². The molecule has 3 aromatic rings. The Bertz CT molecular complexity index is 1480. The van der Waals surface area contributed by atoms with Gasteiger partial charge in [0.1, 0.15) is 11.6 Å². The van der Waals surface area contributed by atoms with Crippen LogP contribution in [0.4, 0.5) is 8.78 Å². The molecule has 8 heteroatoms. The van der Waals surface area contributed by atoms with Crippen LogP contribution in [0, 0.1) is 17.8 Å². The molecule has 0 aliphatic carbocycles. The van der Waals surface area contributed by atoms with Crippen molar-refractivity contribution in [2.24, 2.45) is 5.92 Å². The maximum absolute atomic E-state index is 13.5. The summed E-state index contributed by atoms with van der Waals surface area (Å²) < 4.78 is 57.6. The molecule has 1 aromatic heterocycles. The first kappa shape index (κ1) is 18.0. The average molecular weight is 466 g/mol. The van der Waals surface area contributed by atoms with Gasteiger partial charge in [0, 0.05) is 46.7 Å². The van der Waals surface area contributed by atoms with Gasteiger partial charge in [-0.25, -0.2) is 4.98 Å². The van der Waals surface area contributed by atoms with Crippen LogP contribution in [0.25, 0.3) is 11.0 Å². The smallest absolute Gasteiger partial charge is 0.387 e. The van der Waals surface area contributed by atoms with E-state index in [2.05, 4.69) is 23.8 Å². The van der Waals surface area contributed by atoms with Crippen molar-refractivity contribution in [3.05, 3.63) is 58.9 Å². The Morgan fingerprint density at radius 1 is 1.26 bits per heavy atom. The van der Waals surface area contributed by atoms with Crippen LogP contribution in [0.15, 0.2) is 36.4 Å². The maximum atomic E-state index is 13.5. The van der Waals surface area contributed by atoms with Crippen molar-refractivity contribution < 1.29 is 22.4 Å². The molecule has 34 heavy (non-hydrogen) atoms. The first-order valence-corrected chi connectivity index (χ1v) is 11.2. The van der Waals surface area contributed by atoms with Gasteiger partial charge in [-0.05, 0) is 50.3 Å². The number of carbonyl (C=O) groups is 1. The number of nitrogens with zero attached hydrogens (tertiary/aromatic N) is 4. The molecule has 3 atom stereocenters. The lowest BCUT2D eigenvalue weighted by molar-refractivity contribution is -0.0507. The van der Waals surface area contributed by atoms with Gasteiger partial charge in [0.05, 0.1) is 23.1 Å². The summed E-state index contributed by atoms with van der Waals surface area (Å²) >= 11 is 0. The van der Waals surface area contributed by atoms with Gasteiger partial charge in [0.2, 0.25) is 0 Å². The number of fused-ring (bicyclic) bond motifs is 9. The molecule has 2 aromatic carbocycles. The molecule has 174 valence electrons. The lowest BCUT2D eigenvalue weighted by atomic mass is 9.97. The summed E-state index contributed by atoms with van der Waals surface area (Å²) in [4.78, 5) is 21.3. The van der Waals surface area contributed by atoms with Gasteiger partial charge in [-0.15, -0.1) is 0 Å². The van der Waals surface area contributed by atoms with Crippen molar-refractivity contribution >= 4 is 16.9 Å². The van der Waals surface area contributed by atoms with Crippen molar-refractivity contribution in [2.45, 2.75) is 31.5 Å². The number of carbonyl (C=O) groups excluding carboxylic acids is 1. The van der Waals surface area contributed by atoms with Crippen molar-refractivity contribution in [2.75, 3.05) is 27.1 Å². The van der Waals surface area contributed by atoms with Gasteiger partial charge in [0.15, 0.2) is 0 Å². The highest BCUT2D eigenvalue weighted by Crippen LogP contribution is 2.49. The molecular weight excluding hydrogens is 438 g/mol. The second-order valence-electron chi connectivity index (χ2n) is 9.10. The van der Waals surface area contributed by atoms with E-state index in [9.17, 15) is 13.6 Å². The van der Waals surface area contributed by atoms with Crippen molar-refractivity contribution in [3.63, 3.8) is 0 Å². The minimum atomic E-state index is -3.10. The average Bonchev–Trinajstić information content (AvgIpc) is 3.48. The fourth-order valence-corrected chi connectivity index (χ4v) is 5.42. The zero-order valence-electron chi connectivity index (χ0n) is 21.5. The third-order valence-corrected chi connectivity index (χ3v) is 6.96. The number of likely N-dealkylation sites (tertiary alicyclic amines) is 1. The minimum Gasteiger partial charge on any atom is -0.434 e. The van der Waals surface area contributed by atoms with Crippen molar-refractivity contribution in [1.29, 1.82) is 0 Å². The van der Waals surface area contributed by atoms with E-state index in [1.807, 2.05) is 22.8 Å². The molecule has 4 heterocycles. The van der Waals surface area contributed by atoms with Crippen LogP contribution in [-0.4, -0.2) is 59.0 Å². The molecule has 1 unspecified atom stereocenters. The van der Waals surface area contributed by atoms with E-state index in [1.165, 1.54) is 18.2 Å². The number of benzene rings is 2. The third-order valence-electron chi connectivity index (χ3n) is 6.96. The van der Waals surface area contributed by atoms with Gasteiger partial charge in [-0.2, -0.15) is 8.78 Å². The number of hydrogen-bond acceptors (Lipinski definition) is 4. The maximum Gasteiger partial charge on any atom is 0.387 e. The van der Waals surface area contributed by atoms with E-state index in [0.717, 1.165) is 30.0 Å². The highest BCUT2D eigenvalue weighted by Gasteiger charge is 2.45. The van der Waals surface area contributed by atoms with E-state index in [-0.39, 0.29) is 23.3 Å². The topological polar surface area (TPSA) is 50.6 Å². The van der Waals surface area contributed by atoms with Gasteiger partial charge in [-0.1, -0.05) is 17.9 Å². The standard InChI is InChI=1S/C26H24F2N4O2/c1-30-11-10-16(14-30)7-6-15-8-9-18-19(12-15)32-20-13-21(24(32)29-18)31(2)25(33)17-4-3-5-22(23(17)20)34-26(27)28/h3-5,8-9,12,16,20-21,26H,10-11,13-14H2,1-2H3/t16?,20-,21-/m1/s1/i2D3. The summed E-state index contributed by atoms with van der Waals surface area (Å²) in [6, 6.07) is 8.38. The van der Waals surface area contributed by atoms with Gasteiger partial charge >= 0.3 is 6.61 Å². The summed E-state index contributed by atoms with van der Waals surface area (Å²) in [6.07, 6.45) is 1.20. The van der Waals surface area contributed by atoms with Crippen molar-refractivity contribution in [3.8, 4) is 17.6 Å². The highest BCUT2D eigenvalue weighted by molar-refractivity contribution is 5.97. The number of ether oxygens (including phenoxy) is 1. The van der Waals surface area contributed by atoms with E-state index >= 15 is 0 Å². The second kappa shape index (κ2) is 7.81. The van der Waals surface area contributed by atoms with Gasteiger partial charge < -0.3 is 19.1 Å². The van der Waals surface area contributed by atoms with E-state index in [1.54, 1.807) is 0 Å². The van der Waals surface area contributed by atoms with Crippen LogP contribution in [-0.2, 0) is 0 Å². The first-order valence-electron chi connectivity index (χ1n) is 12.7. The molecular formula is C26H24F2N4O2.